The molecule has 1 aromatic rings. The molecular weight excluding hydrogens is 440 g/mol. The van der Waals surface area contributed by atoms with Crippen LogP contribution in [0.2, 0.25) is 0 Å². The molecule has 0 radical (unpaired) electrons. The summed E-state index contributed by atoms with van der Waals surface area (Å²) in [4.78, 5) is 11.9. The smallest absolute Gasteiger partial charge is 0.225 e. The Morgan fingerprint density at radius 3 is 2.16 bits per heavy atom. The van der Waals surface area contributed by atoms with Crippen LogP contribution in [0.1, 0.15) is 27.2 Å². The SMILES string of the molecule is CC(C)(C)NCCC(=O)Nc1c(Br)cc(Br)cc1Br. The number of anilines is 1. The van der Waals surface area contributed by atoms with Gasteiger partial charge in [-0.25, -0.2) is 0 Å². The number of nitrogens with one attached hydrogen (secondary N) is 2. The minimum absolute atomic E-state index is 0.0135. The van der Waals surface area contributed by atoms with E-state index in [1.807, 2.05) is 12.1 Å². The minimum atomic E-state index is -0.0135. The molecule has 1 rings (SSSR count). The molecule has 0 bridgehead atoms. The van der Waals surface area contributed by atoms with Crippen LogP contribution in [0, 0.1) is 0 Å². The second kappa shape index (κ2) is 7.20. The van der Waals surface area contributed by atoms with Crippen molar-refractivity contribution in [3.63, 3.8) is 0 Å². The van der Waals surface area contributed by atoms with E-state index in [1.165, 1.54) is 0 Å². The van der Waals surface area contributed by atoms with Crippen molar-refractivity contribution in [3.05, 3.63) is 25.6 Å². The first kappa shape index (κ1) is 17.1. The van der Waals surface area contributed by atoms with Crippen LogP contribution in [-0.2, 0) is 4.79 Å². The summed E-state index contributed by atoms with van der Waals surface area (Å²) in [5.74, 6) is -0.0135. The first-order chi connectivity index (χ1) is 8.69. The van der Waals surface area contributed by atoms with Crippen molar-refractivity contribution in [1.29, 1.82) is 0 Å². The molecule has 19 heavy (non-hydrogen) atoms. The highest BCUT2D eigenvalue weighted by Gasteiger charge is 2.12. The number of benzene rings is 1. The van der Waals surface area contributed by atoms with Gasteiger partial charge in [-0.1, -0.05) is 15.9 Å². The summed E-state index contributed by atoms with van der Waals surface area (Å²) in [6.07, 6.45) is 0.437. The van der Waals surface area contributed by atoms with Crippen LogP contribution in [0.15, 0.2) is 25.6 Å². The predicted molar refractivity (Wildman–Crippen MR) is 90.5 cm³/mol. The zero-order chi connectivity index (χ0) is 14.6. The molecule has 0 aliphatic carbocycles. The molecule has 3 nitrogen and oxygen atoms in total. The number of carbonyl (C=O) groups excluding carboxylic acids is 1. The molecule has 0 atom stereocenters. The maximum absolute atomic E-state index is 11.9. The van der Waals surface area contributed by atoms with Gasteiger partial charge >= 0.3 is 0 Å². The third-order valence-corrected chi connectivity index (χ3v) is 3.99. The Morgan fingerprint density at radius 1 is 1.16 bits per heavy atom. The number of hydrogen-bond donors (Lipinski definition) is 2. The third-order valence-electron chi connectivity index (χ3n) is 2.28. The second-order valence-corrected chi connectivity index (χ2v) is 7.84. The molecule has 0 aliphatic rings. The Kier molecular flexibility index (Phi) is 6.50. The summed E-state index contributed by atoms with van der Waals surface area (Å²) in [7, 11) is 0. The molecule has 0 spiro atoms. The zero-order valence-corrected chi connectivity index (χ0v) is 15.9. The van der Waals surface area contributed by atoms with Crippen LogP contribution in [0.5, 0.6) is 0 Å². The largest absolute Gasteiger partial charge is 0.324 e. The van der Waals surface area contributed by atoms with Gasteiger partial charge in [0.25, 0.3) is 0 Å². The minimum Gasteiger partial charge on any atom is -0.324 e. The summed E-state index contributed by atoms with van der Waals surface area (Å²) >= 11 is 10.3. The Balaban J connectivity index is 2.58. The lowest BCUT2D eigenvalue weighted by Gasteiger charge is -2.20. The van der Waals surface area contributed by atoms with Crippen molar-refractivity contribution in [1.82, 2.24) is 5.32 Å². The van der Waals surface area contributed by atoms with Gasteiger partial charge in [0.15, 0.2) is 0 Å². The Labute approximate surface area is 139 Å². The zero-order valence-electron chi connectivity index (χ0n) is 11.1. The van der Waals surface area contributed by atoms with E-state index in [0.29, 0.717) is 13.0 Å². The molecule has 0 saturated heterocycles. The van der Waals surface area contributed by atoms with Gasteiger partial charge in [-0.15, -0.1) is 0 Å². The molecule has 0 heterocycles. The van der Waals surface area contributed by atoms with Crippen molar-refractivity contribution in [2.75, 3.05) is 11.9 Å². The molecule has 1 aromatic carbocycles. The van der Waals surface area contributed by atoms with Crippen LogP contribution in [-0.4, -0.2) is 18.0 Å². The summed E-state index contributed by atoms with van der Waals surface area (Å²) in [6, 6.07) is 3.79. The fourth-order valence-electron chi connectivity index (χ4n) is 1.41. The molecule has 6 heteroatoms. The van der Waals surface area contributed by atoms with Crippen molar-refractivity contribution in [2.45, 2.75) is 32.7 Å². The van der Waals surface area contributed by atoms with E-state index in [0.717, 1.165) is 19.1 Å². The van der Waals surface area contributed by atoms with Gasteiger partial charge in [0.1, 0.15) is 0 Å². The molecule has 1 amide bonds. The predicted octanol–water partition coefficient (Wildman–Crippen LogP) is 4.69. The monoisotopic (exact) mass is 454 g/mol. The molecular formula is C13H17Br3N2O. The lowest BCUT2D eigenvalue weighted by molar-refractivity contribution is -0.116. The highest BCUT2D eigenvalue weighted by atomic mass is 79.9. The standard InChI is InChI=1S/C13H17Br3N2O/c1-13(2,3)17-5-4-11(19)18-12-9(15)6-8(14)7-10(12)16/h6-7,17H,4-5H2,1-3H3,(H,18,19). The van der Waals surface area contributed by atoms with Crippen molar-refractivity contribution < 1.29 is 4.79 Å². The summed E-state index contributed by atoms with van der Waals surface area (Å²) in [5, 5.41) is 6.18. The van der Waals surface area contributed by atoms with E-state index < -0.39 is 0 Å². The van der Waals surface area contributed by atoms with Crippen LogP contribution in [0.4, 0.5) is 5.69 Å². The summed E-state index contributed by atoms with van der Waals surface area (Å²) in [6.45, 7) is 6.88. The number of hydrogen-bond acceptors (Lipinski definition) is 2. The lowest BCUT2D eigenvalue weighted by Crippen LogP contribution is -2.37. The maximum Gasteiger partial charge on any atom is 0.225 e. The molecule has 106 valence electrons. The Morgan fingerprint density at radius 2 is 1.68 bits per heavy atom. The highest BCUT2D eigenvalue weighted by Crippen LogP contribution is 2.34. The van der Waals surface area contributed by atoms with E-state index in [4.69, 9.17) is 0 Å². The molecule has 0 aromatic heterocycles. The number of carbonyl (C=O) groups is 1. The van der Waals surface area contributed by atoms with Gasteiger partial charge in [-0.05, 0) is 64.8 Å². The van der Waals surface area contributed by atoms with Crippen LogP contribution in [0.25, 0.3) is 0 Å². The van der Waals surface area contributed by atoms with Crippen molar-refractivity contribution in [2.24, 2.45) is 0 Å². The van der Waals surface area contributed by atoms with E-state index in [-0.39, 0.29) is 11.4 Å². The molecule has 0 unspecified atom stereocenters. The topological polar surface area (TPSA) is 41.1 Å². The van der Waals surface area contributed by atoms with Crippen LogP contribution in [0.3, 0.4) is 0 Å². The van der Waals surface area contributed by atoms with Gasteiger partial charge in [0, 0.05) is 31.9 Å². The number of halogens is 3. The number of amides is 1. The van der Waals surface area contributed by atoms with Gasteiger partial charge in [0.05, 0.1) is 5.69 Å². The van der Waals surface area contributed by atoms with Gasteiger partial charge in [0.2, 0.25) is 5.91 Å². The summed E-state index contributed by atoms with van der Waals surface area (Å²) in [5.41, 5.74) is 0.781. The van der Waals surface area contributed by atoms with E-state index in [1.54, 1.807) is 0 Å². The Bertz CT molecular complexity index is 446. The third kappa shape index (κ3) is 6.38. The fourth-order valence-corrected chi connectivity index (χ4v) is 3.87. The molecule has 0 fully saturated rings. The van der Waals surface area contributed by atoms with Gasteiger partial charge in [-0.3, -0.25) is 4.79 Å². The highest BCUT2D eigenvalue weighted by molar-refractivity contribution is 9.11. The van der Waals surface area contributed by atoms with E-state index >= 15 is 0 Å². The van der Waals surface area contributed by atoms with Crippen LogP contribution < -0.4 is 10.6 Å². The fraction of sp³-hybridized carbons (Fsp3) is 0.462. The number of rotatable bonds is 4. The molecule has 2 N–H and O–H groups in total. The maximum atomic E-state index is 11.9. The quantitative estimate of drug-likeness (QED) is 0.690. The lowest BCUT2D eigenvalue weighted by atomic mass is 10.1. The van der Waals surface area contributed by atoms with E-state index in [9.17, 15) is 4.79 Å². The molecule has 0 saturated carbocycles. The first-order valence-electron chi connectivity index (χ1n) is 5.88. The van der Waals surface area contributed by atoms with Crippen molar-refractivity contribution in [3.8, 4) is 0 Å². The average Bonchev–Trinajstić information content (AvgIpc) is 2.21. The summed E-state index contributed by atoms with van der Waals surface area (Å²) < 4.78 is 2.62. The second-order valence-electron chi connectivity index (χ2n) is 5.22. The van der Waals surface area contributed by atoms with Crippen molar-refractivity contribution >= 4 is 59.4 Å². The van der Waals surface area contributed by atoms with E-state index in [2.05, 4.69) is 79.2 Å². The molecule has 0 aliphatic heterocycles. The van der Waals surface area contributed by atoms with Crippen LogP contribution >= 0.6 is 47.8 Å². The average molecular weight is 457 g/mol. The van der Waals surface area contributed by atoms with Gasteiger partial charge in [-0.2, -0.15) is 0 Å². The Hall–Kier alpha value is 0.0900. The van der Waals surface area contributed by atoms with Gasteiger partial charge < -0.3 is 10.6 Å². The first-order valence-corrected chi connectivity index (χ1v) is 8.26. The normalized spacial score (nSPS) is 11.5.